The van der Waals surface area contributed by atoms with Gasteiger partial charge in [-0.05, 0) is 62.8 Å². The fraction of sp³-hybridized carbons (Fsp3) is 0.414. The second-order valence-electron chi connectivity index (χ2n) is 10.7. The summed E-state index contributed by atoms with van der Waals surface area (Å²) >= 11 is 1.37. The van der Waals surface area contributed by atoms with Crippen LogP contribution in [0.1, 0.15) is 66.1 Å². The van der Waals surface area contributed by atoms with E-state index in [0.717, 1.165) is 49.7 Å². The van der Waals surface area contributed by atoms with Crippen LogP contribution in [0.5, 0.6) is 0 Å². The minimum absolute atomic E-state index is 0.0638. The van der Waals surface area contributed by atoms with E-state index in [1.54, 1.807) is 6.07 Å². The highest BCUT2D eigenvalue weighted by atomic mass is 32.1. The Morgan fingerprint density at radius 1 is 1.07 bits per heavy atom. The van der Waals surface area contributed by atoms with Crippen LogP contribution in [0.3, 0.4) is 0 Å². The molecule has 4 aromatic rings. The molecule has 3 atom stereocenters. The van der Waals surface area contributed by atoms with Crippen LogP contribution >= 0.6 is 11.3 Å². The Hall–Kier alpha value is -3.44. The summed E-state index contributed by atoms with van der Waals surface area (Å²) in [6, 6.07) is 6.87. The molecular weight excluding hydrogens is 543 g/mol. The number of rotatable bonds is 7. The number of carbonyl (C=O) groups is 1. The molecule has 40 heavy (non-hydrogen) atoms. The van der Waals surface area contributed by atoms with Gasteiger partial charge < -0.3 is 18.9 Å². The van der Waals surface area contributed by atoms with Gasteiger partial charge in [0.15, 0.2) is 10.9 Å². The van der Waals surface area contributed by atoms with Crippen molar-refractivity contribution in [1.29, 1.82) is 0 Å². The maximum absolute atomic E-state index is 14.8. The second-order valence-corrected chi connectivity index (χ2v) is 11.7. The third-order valence-electron chi connectivity index (χ3n) is 8.20. The first kappa shape index (κ1) is 25.5. The van der Waals surface area contributed by atoms with Crippen LogP contribution in [0.25, 0.3) is 21.5 Å². The fourth-order valence-corrected chi connectivity index (χ4v) is 7.31. The molecule has 1 saturated carbocycles. The normalized spacial score (nSPS) is 22.3. The van der Waals surface area contributed by atoms with E-state index in [1.807, 2.05) is 0 Å². The number of hydrogen-bond acceptors (Lipinski definition) is 8. The first-order valence-electron chi connectivity index (χ1n) is 13.4. The van der Waals surface area contributed by atoms with Gasteiger partial charge in [0, 0.05) is 23.6 Å². The Kier molecular flexibility index (Phi) is 6.31. The van der Waals surface area contributed by atoms with Gasteiger partial charge in [-0.15, -0.1) is 0 Å². The van der Waals surface area contributed by atoms with Crippen LogP contribution in [-0.4, -0.2) is 41.4 Å². The summed E-state index contributed by atoms with van der Waals surface area (Å²) in [5.41, 5.74) is 1.00. The second kappa shape index (κ2) is 9.88. The zero-order valence-electron chi connectivity index (χ0n) is 21.7. The third kappa shape index (κ3) is 4.35. The number of esters is 1. The number of hydrogen-bond donors (Lipinski definition) is 0. The quantitative estimate of drug-likeness (QED) is 0.228. The number of benzene rings is 2. The standard InChI is InChI=1S/C29H26F3N3O4S/c1-37-28(36)15-9-22(32)26-23(10-15)40-29(33-26)35-16-7-8-17(35)12-18(11-16)38-13-19-25(34-39-27(19)14-5-6-14)24-20(30)3-2-4-21(24)31/h2-4,9-10,14,16-18H,5-8,11-13H2,1H3/t16-,17+,18-. The number of ether oxygens (including phenoxy) is 2. The van der Waals surface area contributed by atoms with Gasteiger partial charge in [0.2, 0.25) is 0 Å². The average Bonchev–Trinajstić information content (AvgIpc) is 3.46. The van der Waals surface area contributed by atoms with Gasteiger partial charge in [-0.3, -0.25) is 0 Å². The minimum Gasteiger partial charge on any atom is -0.465 e. The molecule has 2 aliphatic heterocycles. The van der Waals surface area contributed by atoms with Crippen LogP contribution < -0.4 is 4.90 Å². The number of methoxy groups -OCH3 is 1. The minimum atomic E-state index is -0.686. The van der Waals surface area contributed by atoms with Crippen molar-refractivity contribution in [2.75, 3.05) is 12.0 Å². The Labute approximate surface area is 231 Å². The van der Waals surface area contributed by atoms with Gasteiger partial charge in [-0.2, -0.15) is 0 Å². The summed E-state index contributed by atoms with van der Waals surface area (Å²) in [7, 11) is 1.27. The van der Waals surface area contributed by atoms with Gasteiger partial charge >= 0.3 is 5.97 Å². The number of fused-ring (bicyclic) bond motifs is 3. The van der Waals surface area contributed by atoms with Gasteiger partial charge in [-0.1, -0.05) is 22.6 Å². The Morgan fingerprint density at radius 3 is 2.48 bits per heavy atom. The SMILES string of the molecule is COC(=O)c1cc(F)c2nc(N3[C@@H]4CC[C@H]3C[C@H](OCc3c(-c5c(F)cccc5F)noc3C3CC3)C4)sc2c1. The van der Waals surface area contributed by atoms with Crippen LogP contribution in [-0.2, 0) is 16.1 Å². The zero-order valence-corrected chi connectivity index (χ0v) is 22.5. The predicted octanol–water partition coefficient (Wildman–Crippen LogP) is 6.75. The summed E-state index contributed by atoms with van der Waals surface area (Å²) in [4.78, 5) is 18.8. The molecule has 3 fully saturated rings. The Balaban J connectivity index is 1.10. The van der Waals surface area contributed by atoms with Crippen LogP contribution in [0.4, 0.5) is 18.3 Å². The molecule has 208 valence electrons. The first-order valence-corrected chi connectivity index (χ1v) is 14.2. The van der Waals surface area contributed by atoms with Gasteiger partial charge in [-0.25, -0.2) is 22.9 Å². The maximum Gasteiger partial charge on any atom is 0.338 e. The van der Waals surface area contributed by atoms with Gasteiger partial charge in [0.25, 0.3) is 0 Å². The lowest BCUT2D eigenvalue weighted by atomic mass is 10.00. The van der Waals surface area contributed by atoms with Crippen molar-refractivity contribution in [3.8, 4) is 11.3 Å². The van der Waals surface area contributed by atoms with Crippen molar-refractivity contribution in [2.45, 2.75) is 69.2 Å². The molecule has 2 aromatic heterocycles. The molecule has 4 heterocycles. The van der Waals surface area contributed by atoms with Crippen LogP contribution in [0.2, 0.25) is 0 Å². The zero-order chi connectivity index (χ0) is 27.5. The largest absolute Gasteiger partial charge is 0.465 e. The average molecular weight is 570 g/mol. The summed E-state index contributed by atoms with van der Waals surface area (Å²) in [5.74, 6) is -1.66. The van der Waals surface area contributed by atoms with E-state index in [0.29, 0.717) is 16.0 Å². The van der Waals surface area contributed by atoms with E-state index in [2.05, 4.69) is 15.0 Å². The monoisotopic (exact) mass is 569 g/mol. The molecule has 11 heteroatoms. The van der Waals surface area contributed by atoms with Crippen LogP contribution in [0.15, 0.2) is 34.9 Å². The summed E-state index contributed by atoms with van der Waals surface area (Å²) in [6.07, 6.45) is 5.25. The van der Waals surface area contributed by atoms with Crippen LogP contribution in [0, 0.1) is 17.5 Å². The van der Waals surface area contributed by atoms with E-state index >= 15 is 0 Å². The molecule has 7 rings (SSSR count). The van der Waals surface area contributed by atoms with Crippen molar-refractivity contribution >= 4 is 32.7 Å². The van der Waals surface area contributed by atoms with Gasteiger partial charge in [0.1, 0.15) is 28.6 Å². The number of halogens is 3. The van der Waals surface area contributed by atoms with E-state index in [4.69, 9.17) is 14.0 Å². The van der Waals surface area contributed by atoms with Crippen molar-refractivity contribution in [3.63, 3.8) is 0 Å². The van der Waals surface area contributed by atoms with Crippen molar-refractivity contribution in [2.24, 2.45) is 0 Å². The molecule has 0 radical (unpaired) electrons. The summed E-state index contributed by atoms with van der Waals surface area (Å²) in [6.45, 7) is 0.158. The number of thiazole rings is 1. The number of aromatic nitrogens is 2. The molecule has 2 aromatic carbocycles. The van der Waals surface area contributed by atoms with Gasteiger partial charge in [0.05, 0.1) is 35.6 Å². The first-order chi connectivity index (χ1) is 19.4. The lowest BCUT2D eigenvalue weighted by Gasteiger charge is -2.38. The maximum atomic E-state index is 14.8. The van der Waals surface area contributed by atoms with Crippen molar-refractivity contribution < 1.29 is 32.0 Å². The fourth-order valence-electron chi connectivity index (χ4n) is 6.15. The number of carbonyl (C=O) groups excluding carboxylic acids is 1. The molecular formula is C29H26F3N3O4S. The molecule has 0 spiro atoms. The highest BCUT2D eigenvalue weighted by molar-refractivity contribution is 7.22. The molecule has 0 unspecified atom stereocenters. The molecule has 3 aliphatic rings. The highest BCUT2D eigenvalue weighted by Gasteiger charge is 2.43. The molecule has 2 bridgehead atoms. The molecule has 7 nitrogen and oxygen atoms in total. The topological polar surface area (TPSA) is 77.7 Å². The van der Waals surface area contributed by atoms with E-state index < -0.39 is 23.4 Å². The number of piperidine rings is 1. The lowest BCUT2D eigenvalue weighted by Crippen LogP contribution is -2.45. The summed E-state index contributed by atoms with van der Waals surface area (Å²) in [5, 5.41) is 4.80. The molecule has 0 amide bonds. The molecule has 1 aliphatic carbocycles. The van der Waals surface area contributed by atoms with E-state index in [1.165, 1.54) is 36.6 Å². The highest BCUT2D eigenvalue weighted by Crippen LogP contribution is 2.46. The number of nitrogens with zero attached hydrogens (tertiary/aromatic N) is 3. The lowest BCUT2D eigenvalue weighted by molar-refractivity contribution is 0.0147. The Morgan fingerprint density at radius 2 is 1.80 bits per heavy atom. The molecule has 2 saturated heterocycles. The smallest absolute Gasteiger partial charge is 0.338 e. The number of anilines is 1. The Bertz CT molecular complexity index is 1580. The third-order valence-corrected chi connectivity index (χ3v) is 9.21. The molecule has 0 N–H and O–H groups in total. The van der Waals surface area contributed by atoms with Crippen molar-refractivity contribution in [3.05, 3.63) is 64.7 Å². The van der Waals surface area contributed by atoms with E-state index in [-0.39, 0.29) is 53.0 Å². The predicted molar refractivity (Wildman–Crippen MR) is 142 cm³/mol. The van der Waals surface area contributed by atoms with Crippen molar-refractivity contribution in [1.82, 2.24) is 10.1 Å². The van der Waals surface area contributed by atoms with E-state index in [9.17, 15) is 18.0 Å². The summed E-state index contributed by atoms with van der Waals surface area (Å²) < 4.78 is 61.3.